The molecule has 0 radical (unpaired) electrons. The van der Waals surface area contributed by atoms with Crippen LogP contribution in [0.2, 0.25) is 10.0 Å². The molecular formula is C13H18Cl2N2. The lowest BCUT2D eigenvalue weighted by Gasteiger charge is -2.27. The maximum atomic E-state index is 6.21. The van der Waals surface area contributed by atoms with E-state index in [9.17, 15) is 0 Å². The van der Waals surface area contributed by atoms with Gasteiger partial charge in [-0.1, -0.05) is 29.3 Å². The fourth-order valence-corrected chi connectivity index (χ4v) is 2.86. The molecule has 1 aliphatic rings. The summed E-state index contributed by atoms with van der Waals surface area (Å²) in [6, 6.07) is 6.55. The number of benzene rings is 1. The molecule has 2 nitrogen and oxygen atoms in total. The van der Waals surface area contributed by atoms with E-state index in [2.05, 4.69) is 17.6 Å². The van der Waals surface area contributed by atoms with E-state index in [1.807, 2.05) is 12.1 Å². The highest BCUT2D eigenvalue weighted by Gasteiger charge is 2.17. The number of piperidine rings is 1. The van der Waals surface area contributed by atoms with Gasteiger partial charge in [-0.3, -0.25) is 0 Å². The molecule has 1 heterocycles. The number of hydrogen-bond acceptors (Lipinski definition) is 2. The second-order valence-corrected chi connectivity index (χ2v) is 5.42. The molecule has 94 valence electrons. The molecule has 0 aromatic heterocycles. The highest BCUT2D eigenvalue weighted by molar-refractivity contribution is 6.35. The minimum absolute atomic E-state index is 0.267. The molecule has 0 saturated carbocycles. The summed E-state index contributed by atoms with van der Waals surface area (Å²) in [5.41, 5.74) is 1.12. The van der Waals surface area contributed by atoms with Crippen molar-refractivity contribution in [3.05, 3.63) is 33.8 Å². The van der Waals surface area contributed by atoms with Crippen LogP contribution in [0.25, 0.3) is 0 Å². The summed E-state index contributed by atoms with van der Waals surface area (Å²) in [6.07, 6.45) is 2.35. The minimum Gasteiger partial charge on any atom is -0.317 e. The van der Waals surface area contributed by atoms with Gasteiger partial charge < -0.3 is 10.6 Å². The van der Waals surface area contributed by atoms with E-state index in [0.29, 0.717) is 11.1 Å². The van der Waals surface area contributed by atoms with Gasteiger partial charge in [0.05, 0.1) is 0 Å². The van der Waals surface area contributed by atoms with Gasteiger partial charge in [0.15, 0.2) is 0 Å². The minimum atomic E-state index is 0.267. The zero-order valence-corrected chi connectivity index (χ0v) is 11.5. The Morgan fingerprint density at radius 1 is 1.29 bits per heavy atom. The van der Waals surface area contributed by atoms with Crippen LogP contribution in [-0.2, 0) is 0 Å². The molecule has 4 heteroatoms. The van der Waals surface area contributed by atoms with Gasteiger partial charge in [0, 0.05) is 22.1 Å². The summed E-state index contributed by atoms with van der Waals surface area (Å²) < 4.78 is 0. The van der Waals surface area contributed by atoms with E-state index in [1.165, 1.54) is 12.8 Å². The molecule has 17 heavy (non-hydrogen) atoms. The Morgan fingerprint density at radius 3 is 2.65 bits per heavy atom. The van der Waals surface area contributed by atoms with Crippen molar-refractivity contribution in [1.29, 1.82) is 0 Å². The van der Waals surface area contributed by atoms with Crippen LogP contribution < -0.4 is 10.6 Å². The molecule has 1 aliphatic heterocycles. The second-order valence-electron chi connectivity index (χ2n) is 4.58. The second kappa shape index (κ2) is 6.05. The predicted octanol–water partition coefficient (Wildman–Crippen LogP) is 3.40. The third kappa shape index (κ3) is 3.59. The van der Waals surface area contributed by atoms with E-state index >= 15 is 0 Å². The molecule has 1 unspecified atom stereocenters. The molecule has 0 spiro atoms. The first-order chi connectivity index (χ1) is 8.16. The molecular weight excluding hydrogens is 255 g/mol. The third-order valence-corrected chi connectivity index (χ3v) is 3.82. The summed E-state index contributed by atoms with van der Waals surface area (Å²) >= 11 is 12.1. The predicted molar refractivity (Wildman–Crippen MR) is 73.9 cm³/mol. The zero-order valence-electron chi connectivity index (χ0n) is 9.97. The summed E-state index contributed by atoms with van der Waals surface area (Å²) in [4.78, 5) is 0. The van der Waals surface area contributed by atoms with Crippen molar-refractivity contribution in [2.45, 2.75) is 31.8 Å². The Hall–Kier alpha value is -0.280. The van der Waals surface area contributed by atoms with Crippen molar-refractivity contribution in [3.63, 3.8) is 0 Å². The standard InChI is InChI=1S/C13H18Cl2N2/c1-9(17-11-4-6-16-7-5-11)12-3-2-10(14)8-13(12)15/h2-3,8-9,11,16-17H,4-7H2,1H3. The lowest BCUT2D eigenvalue weighted by Crippen LogP contribution is -2.40. The average Bonchev–Trinajstić information content (AvgIpc) is 2.30. The maximum Gasteiger partial charge on any atom is 0.0468 e. The largest absolute Gasteiger partial charge is 0.317 e. The molecule has 1 saturated heterocycles. The summed E-state index contributed by atoms with van der Waals surface area (Å²) in [5.74, 6) is 0. The van der Waals surface area contributed by atoms with Gasteiger partial charge in [-0.05, 0) is 50.6 Å². The van der Waals surface area contributed by atoms with E-state index in [0.717, 1.165) is 23.7 Å². The normalized spacial score (nSPS) is 19.2. The molecule has 2 rings (SSSR count). The van der Waals surface area contributed by atoms with Crippen molar-refractivity contribution < 1.29 is 0 Å². The highest BCUT2D eigenvalue weighted by Crippen LogP contribution is 2.26. The Balaban J connectivity index is 2.00. The SMILES string of the molecule is CC(NC1CCNCC1)c1ccc(Cl)cc1Cl. The van der Waals surface area contributed by atoms with Crippen LogP contribution in [0.1, 0.15) is 31.4 Å². The van der Waals surface area contributed by atoms with Crippen molar-refractivity contribution in [2.75, 3.05) is 13.1 Å². The number of halogens is 2. The highest BCUT2D eigenvalue weighted by atomic mass is 35.5. The molecule has 1 aromatic carbocycles. The van der Waals surface area contributed by atoms with Gasteiger partial charge >= 0.3 is 0 Å². The monoisotopic (exact) mass is 272 g/mol. The quantitative estimate of drug-likeness (QED) is 0.882. The fraction of sp³-hybridized carbons (Fsp3) is 0.538. The van der Waals surface area contributed by atoms with E-state index in [-0.39, 0.29) is 6.04 Å². The third-order valence-electron chi connectivity index (χ3n) is 3.25. The van der Waals surface area contributed by atoms with Crippen molar-refractivity contribution in [2.24, 2.45) is 0 Å². The smallest absolute Gasteiger partial charge is 0.0468 e. The van der Waals surface area contributed by atoms with Crippen LogP contribution >= 0.6 is 23.2 Å². The lowest BCUT2D eigenvalue weighted by molar-refractivity contribution is 0.359. The molecule has 1 aromatic rings. The van der Waals surface area contributed by atoms with Crippen molar-refractivity contribution >= 4 is 23.2 Å². The summed E-state index contributed by atoms with van der Waals surface area (Å²) in [7, 11) is 0. The Morgan fingerprint density at radius 2 is 2.00 bits per heavy atom. The van der Waals surface area contributed by atoms with Crippen LogP contribution in [0.15, 0.2) is 18.2 Å². The summed E-state index contributed by atoms with van der Waals surface area (Å²) in [5, 5.41) is 8.42. The topological polar surface area (TPSA) is 24.1 Å². The van der Waals surface area contributed by atoms with E-state index < -0.39 is 0 Å². The first-order valence-electron chi connectivity index (χ1n) is 6.08. The first kappa shape index (κ1) is 13.2. The molecule has 1 atom stereocenters. The lowest BCUT2D eigenvalue weighted by atomic mass is 10.0. The molecule has 1 fully saturated rings. The van der Waals surface area contributed by atoms with Crippen LogP contribution in [-0.4, -0.2) is 19.1 Å². The van der Waals surface area contributed by atoms with Crippen LogP contribution in [0.4, 0.5) is 0 Å². The Kier molecular flexibility index (Phi) is 4.69. The van der Waals surface area contributed by atoms with Gasteiger partial charge in [-0.25, -0.2) is 0 Å². The van der Waals surface area contributed by atoms with Gasteiger partial charge in [0.25, 0.3) is 0 Å². The Labute approximate surface area is 113 Å². The van der Waals surface area contributed by atoms with E-state index in [4.69, 9.17) is 23.2 Å². The molecule has 0 bridgehead atoms. The van der Waals surface area contributed by atoms with Gasteiger partial charge in [-0.15, -0.1) is 0 Å². The summed E-state index contributed by atoms with van der Waals surface area (Å²) in [6.45, 7) is 4.34. The van der Waals surface area contributed by atoms with Gasteiger partial charge in [-0.2, -0.15) is 0 Å². The van der Waals surface area contributed by atoms with Crippen LogP contribution in [0.3, 0.4) is 0 Å². The fourth-order valence-electron chi connectivity index (χ4n) is 2.28. The number of rotatable bonds is 3. The van der Waals surface area contributed by atoms with Crippen molar-refractivity contribution in [1.82, 2.24) is 10.6 Å². The number of hydrogen-bond donors (Lipinski definition) is 2. The van der Waals surface area contributed by atoms with Gasteiger partial charge in [0.1, 0.15) is 0 Å². The zero-order chi connectivity index (χ0) is 12.3. The van der Waals surface area contributed by atoms with Gasteiger partial charge in [0.2, 0.25) is 0 Å². The van der Waals surface area contributed by atoms with Crippen molar-refractivity contribution in [3.8, 4) is 0 Å². The maximum absolute atomic E-state index is 6.21. The van der Waals surface area contributed by atoms with E-state index in [1.54, 1.807) is 6.07 Å². The molecule has 2 N–H and O–H groups in total. The number of nitrogens with one attached hydrogen (secondary N) is 2. The average molecular weight is 273 g/mol. The first-order valence-corrected chi connectivity index (χ1v) is 6.84. The van der Waals surface area contributed by atoms with Crippen LogP contribution in [0.5, 0.6) is 0 Å². The molecule has 0 aliphatic carbocycles. The Bertz CT molecular complexity index is 376. The molecule has 0 amide bonds. The van der Waals surface area contributed by atoms with Crippen LogP contribution in [0, 0.1) is 0 Å².